The lowest BCUT2D eigenvalue weighted by Gasteiger charge is -2.16. The van der Waals surface area contributed by atoms with E-state index in [1.165, 1.54) is 0 Å². The zero-order chi connectivity index (χ0) is 18.0. The molecule has 3 rings (SSSR count). The summed E-state index contributed by atoms with van der Waals surface area (Å²) in [4.78, 5) is 37.9. The highest BCUT2D eigenvalue weighted by atomic mass is 35.5. The van der Waals surface area contributed by atoms with Crippen molar-refractivity contribution in [3.8, 4) is 0 Å². The maximum Gasteiger partial charge on any atom is 0.265 e. The van der Waals surface area contributed by atoms with Crippen molar-refractivity contribution in [1.82, 2.24) is 10.9 Å². The van der Waals surface area contributed by atoms with Gasteiger partial charge in [0.2, 0.25) is 5.91 Å². The number of benzene rings is 2. The third kappa shape index (κ3) is 3.55. The Balaban J connectivity index is 1.67. The molecule has 2 aromatic carbocycles. The predicted octanol–water partition coefficient (Wildman–Crippen LogP) is 2.21. The molecule has 3 amide bonds. The van der Waals surface area contributed by atoms with Gasteiger partial charge in [0, 0.05) is 10.6 Å². The highest BCUT2D eigenvalue weighted by Gasteiger charge is 2.39. The van der Waals surface area contributed by atoms with Gasteiger partial charge in [0.15, 0.2) is 0 Å². The number of aryl methyl sites for hydroxylation is 1. The number of hydrazine groups is 1. The highest BCUT2D eigenvalue weighted by molar-refractivity contribution is 6.30. The van der Waals surface area contributed by atoms with Crippen LogP contribution >= 0.6 is 11.6 Å². The van der Waals surface area contributed by atoms with Crippen LogP contribution in [0, 0.1) is 6.92 Å². The number of hydrogen-bond donors (Lipinski definition) is 2. The number of halogens is 1. The maximum atomic E-state index is 12.5. The van der Waals surface area contributed by atoms with Crippen LogP contribution in [0.2, 0.25) is 5.02 Å². The molecule has 1 aliphatic rings. The summed E-state index contributed by atoms with van der Waals surface area (Å²) in [5.41, 5.74) is 6.94. The van der Waals surface area contributed by atoms with Gasteiger partial charge in [-0.3, -0.25) is 19.8 Å². The topological polar surface area (TPSA) is 78.5 Å². The first-order chi connectivity index (χ1) is 12.0. The first kappa shape index (κ1) is 17.1. The number of carbonyl (C=O) groups is 3. The zero-order valence-corrected chi connectivity index (χ0v) is 14.2. The van der Waals surface area contributed by atoms with Gasteiger partial charge in [0.1, 0.15) is 6.04 Å². The van der Waals surface area contributed by atoms with E-state index in [4.69, 9.17) is 11.6 Å². The van der Waals surface area contributed by atoms with Gasteiger partial charge in [0.25, 0.3) is 11.8 Å². The quantitative estimate of drug-likeness (QED) is 0.649. The van der Waals surface area contributed by atoms with E-state index in [0.29, 0.717) is 16.3 Å². The molecule has 1 atom stereocenters. The summed E-state index contributed by atoms with van der Waals surface area (Å²) in [5, 5.41) is 0.517. The summed E-state index contributed by atoms with van der Waals surface area (Å²) in [6.07, 6.45) is -0.0322. The van der Waals surface area contributed by atoms with Crippen LogP contribution in [-0.2, 0) is 9.59 Å². The molecule has 2 aromatic rings. The SMILES string of the molecule is Cc1ccccc1C(=O)NNC1CC(=O)N(c2ccc(Cl)cc2)C1=O. The average molecular weight is 358 g/mol. The lowest BCUT2D eigenvalue weighted by Crippen LogP contribution is -2.48. The van der Waals surface area contributed by atoms with E-state index in [9.17, 15) is 14.4 Å². The number of imide groups is 1. The maximum absolute atomic E-state index is 12.5. The average Bonchev–Trinajstić information content (AvgIpc) is 2.88. The van der Waals surface area contributed by atoms with E-state index in [-0.39, 0.29) is 18.2 Å². The Kier molecular flexibility index (Phi) is 4.83. The van der Waals surface area contributed by atoms with Gasteiger partial charge in [-0.1, -0.05) is 29.8 Å². The summed E-state index contributed by atoms with van der Waals surface area (Å²) in [5.74, 6) is -1.12. The molecular weight excluding hydrogens is 342 g/mol. The molecule has 1 aliphatic heterocycles. The number of nitrogens with one attached hydrogen (secondary N) is 2. The normalized spacial score (nSPS) is 17.0. The van der Waals surface area contributed by atoms with Crippen molar-refractivity contribution < 1.29 is 14.4 Å². The van der Waals surface area contributed by atoms with Crippen molar-refractivity contribution in [3.05, 3.63) is 64.7 Å². The summed E-state index contributed by atoms with van der Waals surface area (Å²) >= 11 is 5.83. The van der Waals surface area contributed by atoms with Gasteiger partial charge in [-0.25, -0.2) is 10.3 Å². The molecule has 0 radical (unpaired) electrons. The van der Waals surface area contributed by atoms with Crippen molar-refractivity contribution in [2.24, 2.45) is 0 Å². The second-order valence-electron chi connectivity index (χ2n) is 5.71. The van der Waals surface area contributed by atoms with Crippen molar-refractivity contribution in [3.63, 3.8) is 0 Å². The number of amides is 3. The van der Waals surface area contributed by atoms with Crippen LogP contribution in [0.3, 0.4) is 0 Å². The molecule has 6 nitrogen and oxygen atoms in total. The largest absolute Gasteiger partial charge is 0.287 e. The molecule has 7 heteroatoms. The van der Waals surface area contributed by atoms with Gasteiger partial charge in [0.05, 0.1) is 12.1 Å². The van der Waals surface area contributed by atoms with Crippen LogP contribution in [0.5, 0.6) is 0 Å². The third-order valence-electron chi connectivity index (χ3n) is 3.98. The fourth-order valence-corrected chi connectivity index (χ4v) is 2.78. The van der Waals surface area contributed by atoms with Crippen LogP contribution in [-0.4, -0.2) is 23.8 Å². The van der Waals surface area contributed by atoms with Gasteiger partial charge >= 0.3 is 0 Å². The van der Waals surface area contributed by atoms with Gasteiger partial charge in [-0.2, -0.15) is 0 Å². The summed E-state index contributed by atoms with van der Waals surface area (Å²) in [6, 6.07) is 12.7. The molecule has 1 fully saturated rings. The predicted molar refractivity (Wildman–Crippen MR) is 94.1 cm³/mol. The standard InChI is InChI=1S/C18H16ClN3O3/c1-11-4-2-3-5-14(11)17(24)21-20-15-10-16(23)22(18(15)25)13-8-6-12(19)7-9-13/h2-9,15,20H,10H2,1H3,(H,21,24). The molecule has 128 valence electrons. The molecule has 25 heavy (non-hydrogen) atoms. The van der Waals surface area contributed by atoms with E-state index in [2.05, 4.69) is 10.9 Å². The minimum Gasteiger partial charge on any atom is -0.287 e. The number of anilines is 1. The van der Waals surface area contributed by atoms with Gasteiger partial charge in [-0.15, -0.1) is 0 Å². The summed E-state index contributed by atoms with van der Waals surface area (Å²) < 4.78 is 0. The van der Waals surface area contributed by atoms with E-state index in [0.717, 1.165) is 10.5 Å². The molecule has 0 aromatic heterocycles. The van der Waals surface area contributed by atoms with E-state index < -0.39 is 11.9 Å². The number of hydrogen-bond acceptors (Lipinski definition) is 4. The van der Waals surface area contributed by atoms with Crippen LogP contribution in [0.25, 0.3) is 0 Å². The van der Waals surface area contributed by atoms with Crippen molar-refractivity contribution in [2.75, 3.05) is 4.90 Å². The summed E-state index contributed by atoms with van der Waals surface area (Å²) in [7, 11) is 0. The molecule has 1 unspecified atom stereocenters. The first-order valence-corrected chi connectivity index (χ1v) is 8.09. The smallest absolute Gasteiger partial charge is 0.265 e. The molecule has 0 aliphatic carbocycles. The van der Waals surface area contributed by atoms with Crippen molar-refractivity contribution >= 4 is 35.0 Å². The second kappa shape index (κ2) is 7.04. The number of carbonyl (C=O) groups excluding carboxylic acids is 3. The highest BCUT2D eigenvalue weighted by Crippen LogP contribution is 2.24. The van der Waals surface area contributed by atoms with Crippen LogP contribution in [0.15, 0.2) is 48.5 Å². The fourth-order valence-electron chi connectivity index (χ4n) is 2.65. The first-order valence-electron chi connectivity index (χ1n) is 7.71. The van der Waals surface area contributed by atoms with E-state index in [1.807, 2.05) is 19.1 Å². The Morgan fingerprint density at radius 2 is 1.80 bits per heavy atom. The molecule has 0 bridgehead atoms. The van der Waals surface area contributed by atoms with Crippen LogP contribution in [0.1, 0.15) is 22.3 Å². The fraction of sp³-hybridized carbons (Fsp3) is 0.167. The molecule has 0 spiro atoms. The van der Waals surface area contributed by atoms with Gasteiger partial charge < -0.3 is 0 Å². The van der Waals surface area contributed by atoms with Gasteiger partial charge in [-0.05, 0) is 42.8 Å². The zero-order valence-electron chi connectivity index (χ0n) is 13.5. The molecular formula is C18H16ClN3O3. The van der Waals surface area contributed by atoms with E-state index in [1.54, 1.807) is 36.4 Å². The molecule has 1 heterocycles. The summed E-state index contributed by atoms with van der Waals surface area (Å²) in [6.45, 7) is 1.82. The monoisotopic (exact) mass is 357 g/mol. The molecule has 1 saturated heterocycles. The number of rotatable bonds is 4. The van der Waals surface area contributed by atoms with E-state index >= 15 is 0 Å². The Labute approximate surface area is 149 Å². The second-order valence-corrected chi connectivity index (χ2v) is 6.15. The molecule has 2 N–H and O–H groups in total. The lowest BCUT2D eigenvalue weighted by atomic mass is 10.1. The Hall–Kier alpha value is -2.70. The lowest BCUT2D eigenvalue weighted by molar-refractivity contribution is -0.121. The van der Waals surface area contributed by atoms with Crippen molar-refractivity contribution in [2.45, 2.75) is 19.4 Å². The minimum absolute atomic E-state index is 0.0322. The van der Waals surface area contributed by atoms with Crippen LogP contribution in [0.4, 0.5) is 5.69 Å². The van der Waals surface area contributed by atoms with Crippen molar-refractivity contribution in [1.29, 1.82) is 0 Å². The Morgan fingerprint density at radius 3 is 2.48 bits per heavy atom. The molecule has 0 saturated carbocycles. The Morgan fingerprint density at radius 1 is 1.12 bits per heavy atom. The third-order valence-corrected chi connectivity index (χ3v) is 4.23. The van der Waals surface area contributed by atoms with Crippen LogP contribution < -0.4 is 15.8 Å². The number of nitrogens with zero attached hydrogens (tertiary/aromatic N) is 1. The Bertz CT molecular complexity index is 836. The minimum atomic E-state index is -0.809.